The number of aryl methyl sites for hydroxylation is 1. The molecule has 1 N–H and O–H groups in total. The van der Waals surface area contributed by atoms with Crippen LogP contribution in [0.5, 0.6) is 0 Å². The van der Waals surface area contributed by atoms with Gasteiger partial charge < -0.3 is 14.3 Å². The van der Waals surface area contributed by atoms with Crippen molar-refractivity contribution in [3.05, 3.63) is 35.3 Å². The van der Waals surface area contributed by atoms with E-state index in [-0.39, 0.29) is 0 Å². The topological polar surface area (TPSA) is 59.1 Å². The predicted molar refractivity (Wildman–Crippen MR) is 79.6 cm³/mol. The predicted octanol–water partition coefficient (Wildman–Crippen LogP) is 1.69. The van der Waals surface area contributed by atoms with Crippen LogP contribution in [-0.2, 0) is 26.2 Å². The number of rotatable bonds is 6. The maximum Gasteiger partial charge on any atom is 0.147 e. The number of aromatic nitrogens is 3. The van der Waals surface area contributed by atoms with Gasteiger partial charge in [-0.2, -0.15) is 0 Å². The number of nitrogens with one attached hydrogen (secondary N) is 1. The van der Waals surface area contributed by atoms with Crippen LogP contribution in [0.3, 0.4) is 0 Å². The van der Waals surface area contributed by atoms with Crippen LogP contribution in [0, 0.1) is 6.92 Å². The highest BCUT2D eigenvalue weighted by Gasteiger charge is 2.19. The van der Waals surface area contributed by atoms with Crippen LogP contribution < -0.4 is 5.32 Å². The van der Waals surface area contributed by atoms with Gasteiger partial charge in [0.1, 0.15) is 23.7 Å². The van der Waals surface area contributed by atoms with Gasteiger partial charge in [-0.25, -0.2) is 0 Å². The number of fused-ring (bicyclic) bond motifs is 1. The number of hydrogen-bond acceptors (Lipinski definition) is 5. The van der Waals surface area contributed by atoms with E-state index in [2.05, 4.69) is 44.9 Å². The average molecular weight is 289 g/mol. The Morgan fingerprint density at radius 1 is 1.38 bits per heavy atom. The Morgan fingerprint density at radius 3 is 3.14 bits per heavy atom. The lowest BCUT2D eigenvalue weighted by Gasteiger charge is -2.25. The van der Waals surface area contributed by atoms with Crippen molar-refractivity contribution in [3.63, 3.8) is 0 Å². The van der Waals surface area contributed by atoms with E-state index in [1.54, 1.807) is 6.33 Å². The minimum Gasteiger partial charge on any atom is -0.463 e. The van der Waals surface area contributed by atoms with Crippen LogP contribution in [0.15, 0.2) is 16.8 Å². The molecular weight excluding hydrogens is 266 g/mol. The average Bonchev–Trinajstić information content (AvgIpc) is 3.06. The molecule has 1 aliphatic heterocycles. The van der Waals surface area contributed by atoms with E-state index in [4.69, 9.17) is 4.42 Å². The van der Waals surface area contributed by atoms with Crippen LogP contribution in [0.4, 0.5) is 0 Å². The van der Waals surface area contributed by atoms with Gasteiger partial charge in [-0.1, -0.05) is 6.92 Å². The highest BCUT2D eigenvalue weighted by molar-refractivity contribution is 5.20. The zero-order valence-corrected chi connectivity index (χ0v) is 12.8. The lowest BCUT2D eigenvalue weighted by Crippen LogP contribution is -2.33. The van der Waals surface area contributed by atoms with E-state index >= 15 is 0 Å². The fraction of sp³-hybridized carbons (Fsp3) is 0.600. The highest BCUT2D eigenvalue weighted by Crippen LogP contribution is 2.18. The summed E-state index contributed by atoms with van der Waals surface area (Å²) < 4.78 is 8.10. The second-order valence-corrected chi connectivity index (χ2v) is 5.65. The normalized spacial score (nSPS) is 15.3. The molecule has 0 aromatic carbocycles. The standard InChI is InChI=1S/C15H23N5O/c1-3-4-16-8-14-12(2)7-13(21-14)9-19-5-6-20-11-17-18-15(20)10-19/h7,11,16H,3-6,8-10H2,1-2H3. The van der Waals surface area contributed by atoms with Gasteiger partial charge in [-0.05, 0) is 31.5 Å². The van der Waals surface area contributed by atoms with E-state index in [1.807, 2.05) is 0 Å². The Kier molecular flexibility index (Phi) is 4.36. The molecular formula is C15H23N5O. The summed E-state index contributed by atoms with van der Waals surface area (Å²) in [4.78, 5) is 2.35. The molecule has 0 unspecified atom stereocenters. The zero-order chi connectivity index (χ0) is 14.7. The molecule has 0 fully saturated rings. The minimum atomic E-state index is 0.813. The molecule has 2 aromatic rings. The Hall–Kier alpha value is -1.66. The molecule has 0 aliphatic carbocycles. The van der Waals surface area contributed by atoms with Crippen molar-refractivity contribution in [3.8, 4) is 0 Å². The van der Waals surface area contributed by atoms with Crippen LogP contribution in [-0.4, -0.2) is 32.8 Å². The Bertz CT molecular complexity index is 589. The van der Waals surface area contributed by atoms with Gasteiger partial charge in [0, 0.05) is 13.1 Å². The van der Waals surface area contributed by atoms with Crippen molar-refractivity contribution in [2.24, 2.45) is 0 Å². The van der Waals surface area contributed by atoms with E-state index in [9.17, 15) is 0 Å². The molecule has 0 amide bonds. The summed E-state index contributed by atoms with van der Waals surface area (Å²) >= 11 is 0. The van der Waals surface area contributed by atoms with Crippen molar-refractivity contribution in [1.29, 1.82) is 0 Å². The van der Waals surface area contributed by atoms with E-state index < -0.39 is 0 Å². The second-order valence-electron chi connectivity index (χ2n) is 5.65. The molecule has 0 saturated heterocycles. The zero-order valence-electron chi connectivity index (χ0n) is 12.8. The van der Waals surface area contributed by atoms with Crippen molar-refractivity contribution >= 4 is 0 Å². The van der Waals surface area contributed by atoms with Gasteiger partial charge in [0.15, 0.2) is 0 Å². The quantitative estimate of drug-likeness (QED) is 0.820. The van der Waals surface area contributed by atoms with E-state index in [1.165, 1.54) is 5.56 Å². The van der Waals surface area contributed by atoms with Crippen molar-refractivity contribution in [1.82, 2.24) is 25.0 Å². The van der Waals surface area contributed by atoms with Gasteiger partial charge in [0.25, 0.3) is 0 Å². The van der Waals surface area contributed by atoms with Crippen LogP contribution in [0.25, 0.3) is 0 Å². The summed E-state index contributed by atoms with van der Waals surface area (Å²) in [5.74, 6) is 3.13. The van der Waals surface area contributed by atoms with Gasteiger partial charge >= 0.3 is 0 Å². The number of nitrogens with zero attached hydrogens (tertiary/aromatic N) is 4. The minimum absolute atomic E-state index is 0.813. The first kappa shape index (κ1) is 14.3. The molecule has 3 heterocycles. The lowest BCUT2D eigenvalue weighted by atomic mass is 10.2. The highest BCUT2D eigenvalue weighted by atomic mass is 16.3. The van der Waals surface area contributed by atoms with Gasteiger partial charge in [-0.3, -0.25) is 4.90 Å². The molecule has 0 atom stereocenters. The first-order valence-electron chi connectivity index (χ1n) is 7.64. The lowest BCUT2D eigenvalue weighted by molar-refractivity contribution is 0.192. The molecule has 0 spiro atoms. The third-order valence-corrected chi connectivity index (χ3v) is 3.88. The third-order valence-electron chi connectivity index (χ3n) is 3.88. The smallest absolute Gasteiger partial charge is 0.147 e. The summed E-state index contributed by atoms with van der Waals surface area (Å²) in [6.07, 6.45) is 2.95. The first-order chi connectivity index (χ1) is 10.3. The maximum absolute atomic E-state index is 5.99. The SMILES string of the molecule is CCCNCc1oc(CN2CCn3cnnc3C2)cc1C. The molecule has 0 bridgehead atoms. The Labute approximate surface area is 125 Å². The Balaban J connectivity index is 1.59. The monoisotopic (exact) mass is 289 g/mol. The number of furan rings is 1. The molecule has 1 aliphatic rings. The first-order valence-corrected chi connectivity index (χ1v) is 7.64. The fourth-order valence-electron chi connectivity index (χ4n) is 2.69. The van der Waals surface area contributed by atoms with Crippen molar-refractivity contribution in [2.75, 3.05) is 13.1 Å². The van der Waals surface area contributed by atoms with E-state index in [0.717, 1.165) is 63.0 Å². The fourth-order valence-corrected chi connectivity index (χ4v) is 2.69. The third kappa shape index (κ3) is 3.33. The molecule has 6 heteroatoms. The molecule has 0 saturated carbocycles. The molecule has 114 valence electrons. The summed E-state index contributed by atoms with van der Waals surface area (Å²) in [5, 5.41) is 11.5. The van der Waals surface area contributed by atoms with E-state index in [0.29, 0.717) is 0 Å². The molecule has 2 aromatic heterocycles. The molecule has 21 heavy (non-hydrogen) atoms. The summed E-state index contributed by atoms with van der Waals surface area (Å²) in [7, 11) is 0. The van der Waals surface area contributed by atoms with Crippen molar-refractivity contribution < 1.29 is 4.42 Å². The summed E-state index contributed by atoms with van der Waals surface area (Å²) in [5.41, 5.74) is 1.23. The van der Waals surface area contributed by atoms with Crippen LogP contribution in [0.2, 0.25) is 0 Å². The number of hydrogen-bond donors (Lipinski definition) is 1. The second kappa shape index (κ2) is 6.41. The van der Waals surface area contributed by atoms with Crippen LogP contribution in [0.1, 0.15) is 36.3 Å². The van der Waals surface area contributed by atoms with Gasteiger partial charge in [0.05, 0.1) is 19.6 Å². The molecule has 6 nitrogen and oxygen atoms in total. The van der Waals surface area contributed by atoms with Gasteiger partial charge in [0.2, 0.25) is 0 Å². The summed E-state index contributed by atoms with van der Waals surface area (Å²) in [6.45, 7) is 9.75. The maximum atomic E-state index is 5.99. The van der Waals surface area contributed by atoms with Gasteiger partial charge in [-0.15, -0.1) is 10.2 Å². The molecule has 3 rings (SSSR count). The summed E-state index contributed by atoms with van der Waals surface area (Å²) in [6, 6.07) is 2.16. The Morgan fingerprint density at radius 2 is 2.29 bits per heavy atom. The van der Waals surface area contributed by atoms with Crippen molar-refractivity contribution in [2.45, 2.75) is 46.4 Å². The largest absolute Gasteiger partial charge is 0.463 e. The van der Waals surface area contributed by atoms with Crippen LogP contribution >= 0.6 is 0 Å². The molecule has 0 radical (unpaired) electrons.